The van der Waals surface area contributed by atoms with Crippen molar-refractivity contribution in [1.29, 1.82) is 0 Å². The van der Waals surface area contributed by atoms with Crippen molar-refractivity contribution in [1.82, 2.24) is 4.31 Å². The summed E-state index contributed by atoms with van der Waals surface area (Å²) >= 11 is 7.32. The Morgan fingerprint density at radius 2 is 2.04 bits per heavy atom. The van der Waals surface area contributed by atoms with Crippen molar-refractivity contribution in [3.05, 3.63) is 75.6 Å². The first-order valence-corrected chi connectivity index (χ1v) is 10.2. The van der Waals surface area contributed by atoms with Gasteiger partial charge in [0.2, 0.25) is 10.0 Å². The minimum Gasteiger partial charge on any atom is -0.468 e. The van der Waals surface area contributed by atoms with Crippen LogP contribution in [0.5, 0.6) is 0 Å². The number of rotatable bonds is 7. The van der Waals surface area contributed by atoms with Crippen LogP contribution in [0.1, 0.15) is 10.6 Å². The summed E-state index contributed by atoms with van der Waals surface area (Å²) in [5, 5.41) is 1.72. The molecule has 2 aromatic heterocycles. The fraction of sp³-hybridized carbons (Fsp3) is 0.176. The quantitative estimate of drug-likeness (QED) is 0.584. The van der Waals surface area contributed by atoms with Crippen molar-refractivity contribution in [3.8, 4) is 0 Å². The number of hydrogen-bond acceptors (Lipinski definition) is 4. The van der Waals surface area contributed by atoms with Crippen LogP contribution in [0.4, 0.5) is 4.39 Å². The molecule has 0 aliphatic rings. The van der Waals surface area contributed by atoms with Crippen LogP contribution in [0.25, 0.3) is 0 Å². The van der Waals surface area contributed by atoms with E-state index in [1.807, 2.05) is 17.5 Å². The van der Waals surface area contributed by atoms with Crippen LogP contribution in [0.15, 0.2) is 63.4 Å². The van der Waals surface area contributed by atoms with Crippen LogP contribution in [-0.4, -0.2) is 19.3 Å². The molecule has 0 atom stereocenters. The Balaban J connectivity index is 1.89. The van der Waals surface area contributed by atoms with Gasteiger partial charge in [0.05, 0.1) is 22.7 Å². The second-order valence-corrected chi connectivity index (χ2v) is 8.70. The summed E-state index contributed by atoms with van der Waals surface area (Å²) in [6.07, 6.45) is 2.07. The predicted octanol–water partition coefficient (Wildman–Crippen LogP) is 4.57. The molecule has 0 aliphatic carbocycles. The van der Waals surface area contributed by atoms with Crippen molar-refractivity contribution in [2.45, 2.75) is 17.9 Å². The van der Waals surface area contributed by atoms with Crippen molar-refractivity contribution in [3.63, 3.8) is 0 Å². The predicted molar refractivity (Wildman–Crippen MR) is 95.7 cm³/mol. The molecular formula is C17H15ClFNO3S2. The van der Waals surface area contributed by atoms with Crippen LogP contribution >= 0.6 is 22.9 Å². The van der Waals surface area contributed by atoms with Gasteiger partial charge in [0, 0.05) is 11.4 Å². The maximum absolute atomic E-state index is 13.4. The molecule has 8 heteroatoms. The molecule has 0 spiro atoms. The minimum atomic E-state index is -3.84. The van der Waals surface area contributed by atoms with Crippen molar-refractivity contribution < 1.29 is 17.2 Å². The summed E-state index contributed by atoms with van der Waals surface area (Å²) in [4.78, 5) is 1.04. The molecule has 0 saturated carbocycles. The van der Waals surface area contributed by atoms with E-state index in [9.17, 15) is 12.8 Å². The van der Waals surface area contributed by atoms with Crippen LogP contribution in [0, 0.1) is 5.82 Å². The number of hydrogen-bond donors (Lipinski definition) is 0. The van der Waals surface area contributed by atoms with E-state index in [2.05, 4.69) is 0 Å². The Hall–Kier alpha value is -1.67. The van der Waals surface area contributed by atoms with E-state index < -0.39 is 15.8 Å². The van der Waals surface area contributed by atoms with Crippen LogP contribution in [0.2, 0.25) is 5.02 Å². The van der Waals surface area contributed by atoms with E-state index in [1.165, 1.54) is 16.6 Å². The fourth-order valence-corrected chi connectivity index (χ4v) is 4.71. The first-order chi connectivity index (χ1) is 12.0. The summed E-state index contributed by atoms with van der Waals surface area (Å²) in [5.41, 5.74) is 0. The van der Waals surface area contributed by atoms with E-state index in [1.54, 1.807) is 23.5 Å². The van der Waals surface area contributed by atoms with Crippen molar-refractivity contribution in [2.24, 2.45) is 0 Å². The summed E-state index contributed by atoms with van der Waals surface area (Å²) in [7, 11) is -3.84. The molecule has 0 bridgehead atoms. The monoisotopic (exact) mass is 399 g/mol. The Bertz CT molecular complexity index is 925. The van der Waals surface area contributed by atoms with Crippen molar-refractivity contribution >= 4 is 33.0 Å². The number of benzene rings is 1. The average molecular weight is 400 g/mol. The molecule has 2 heterocycles. The van der Waals surface area contributed by atoms with Gasteiger partial charge in [-0.15, -0.1) is 11.3 Å². The highest BCUT2D eigenvalue weighted by atomic mass is 35.5. The molecule has 0 fully saturated rings. The zero-order chi connectivity index (χ0) is 17.9. The normalized spacial score (nSPS) is 12.0. The number of furan rings is 1. The Morgan fingerprint density at radius 3 is 2.68 bits per heavy atom. The second-order valence-electron chi connectivity index (χ2n) is 5.32. The Kier molecular flexibility index (Phi) is 5.58. The third-order valence-corrected chi connectivity index (χ3v) is 6.70. The van der Waals surface area contributed by atoms with E-state index >= 15 is 0 Å². The molecule has 0 aliphatic heterocycles. The van der Waals surface area contributed by atoms with Crippen LogP contribution < -0.4 is 0 Å². The van der Waals surface area contributed by atoms with E-state index in [-0.39, 0.29) is 23.0 Å². The second kappa shape index (κ2) is 7.70. The molecule has 0 radical (unpaired) electrons. The fourth-order valence-electron chi connectivity index (χ4n) is 2.34. The third kappa shape index (κ3) is 4.30. The lowest BCUT2D eigenvalue weighted by Gasteiger charge is -2.21. The standard InChI is InChI=1S/C17H15ClFNO3S2/c18-16-11-15(5-6-17(16)19)25(21,22)20(12-13-3-1-9-23-13)8-7-14-4-2-10-24-14/h1-6,9-11H,7-8,12H2. The highest BCUT2D eigenvalue weighted by Gasteiger charge is 2.26. The van der Waals surface area contributed by atoms with E-state index in [4.69, 9.17) is 16.0 Å². The summed E-state index contributed by atoms with van der Waals surface area (Å²) < 4.78 is 45.9. The number of thiophene rings is 1. The van der Waals surface area contributed by atoms with Gasteiger partial charge in [0.1, 0.15) is 11.6 Å². The van der Waals surface area contributed by atoms with Gasteiger partial charge in [-0.1, -0.05) is 17.7 Å². The first kappa shape index (κ1) is 18.1. The van der Waals surface area contributed by atoms with Gasteiger partial charge in [-0.2, -0.15) is 4.31 Å². The van der Waals surface area contributed by atoms with Gasteiger partial charge in [-0.05, 0) is 48.2 Å². The molecule has 0 N–H and O–H groups in total. The summed E-state index contributed by atoms with van der Waals surface area (Å²) in [6.45, 7) is 0.369. The smallest absolute Gasteiger partial charge is 0.243 e. The van der Waals surface area contributed by atoms with Gasteiger partial charge in [0.15, 0.2) is 0 Å². The maximum atomic E-state index is 13.4. The molecule has 4 nitrogen and oxygen atoms in total. The lowest BCUT2D eigenvalue weighted by molar-refractivity contribution is 0.366. The topological polar surface area (TPSA) is 50.5 Å². The molecule has 0 amide bonds. The van der Waals surface area contributed by atoms with Gasteiger partial charge < -0.3 is 4.42 Å². The van der Waals surface area contributed by atoms with Crippen LogP contribution in [0.3, 0.4) is 0 Å². The highest BCUT2D eigenvalue weighted by Crippen LogP contribution is 2.24. The number of halogens is 2. The molecule has 132 valence electrons. The highest BCUT2D eigenvalue weighted by molar-refractivity contribution is 7.89. The maximum Gasteiger partial charge on any atom is 0.243 e. The lowest BCUT2D eigenvalue weighted by Crippen LogP contribution is -2.32. The molecule has 0 unspecified atom stereocenters. The van der Waals surface area contributed by atoms with Crippen LogP contribution in [-0.2, 0) is 23.0 Å². The molecule has 25 heavy (non-hydrogen) atoms. The average Bonchev–Trinajstić information content (AvgIpc) is 3.27. The minimum absolute atomic E-state index is 0.0448. The molecule has 1 aromatic carbocycles. The Morgan fingerprint density at radius 1 is 1.20 bits per heavy atom. The lowest BCUT2D eigenvalue weighted by atomic mass is 10.3. The van der Waals surface area contributed by atoms with E-state index in [0.29, 0.717) is 12.2 Å². The number of nitrogens with zero attached hydrogens (tertiary/aromatic N) is 1. The zero-order valence-corrected chi connectivity index (χ0v) is 15.5. The van der Waals surface area contributed by atoms with Gasteiger partial charge >= 0.3 is 0 Å². The van der Waals surface area contributed by atoms with Crippen molar-refractivity contribution in [2.75, 3.05) is 6.54 Å². The largest absolute Gasteiger partial charge is 0.468 e. The molecule has 3 rings (SSSR count). The summed E-state index contributed by atoms with van der Waals surface area (Å²) in [6, 6.07) is 10.7. The zero-order valence-electron chi connectivity index (χ0n) is 13.1. The van der Waals surface area contributed by atoms with Gasteiger partial charge in [-0.25, -0.2) is 12.8 Å². The van der Waals surface area contributed by atoms with Gasteiger partial charge in [-0.3, -0.25) is 0 Å². The summed E-state index contributed by atoms with van der Waals surface area (Å²) in [5.74, 6) is -0.125. The van der Waals surface area contributed by atoms with Gasteiger partial charge in [0.25, 0.3) is 0 Å². The molecule has 3 aromatic rings. The third-order valence-electron chi connectivity index (χ3n) is 3.63. The SMILES string of the molecule is O=S(=O)(c1ccc(F)c(Cl)c1)N(CCc1cccs1)Cc1ccco1. The molecular weight excluding hydrogens is 385 g/mol. The number of sulfonamides is 1. The first-order valence-electron chi connectivity index (χ1n) is 7.47. The van der Waals surface area contributed by atoms with E-state index in [0.717, 1.165) is 17.0 Å². The molecule has 0 saturated heterocycles. The Labute approximate surface area is 154 Å².